The summed E-state index contributed by atoms with van der Waals surface area (Å²) in [7, 11) is -3.01. The number of thioether (sulfide) groups is 1. The minimum atomic E-state index is -3.01. The van der Waals surface area contributed by atoms with Crippen LogP contribution in [0.15, 0.2) is 29.7 Å². The van der Waals surface area contributed by atoms with Gasteiger partial charge in [0.15, 0.2) is 15.7 Å². The van der Waals surface area contributed by atoms with Crippen molar-refractivity contribution in [1.82, 2.24) is 19.9 Å². The third-order valence-electron chi connectivity index (χ3n) is 3.49. The molecule has 1 aliphatic heterocycles. The lowest BCUT2D eigenvalue weighted by Crippen LogP contribution is -2.25. The standard InChI is InChI=1S/C14H17N5O4S2/c1-2-23-14(20)18-19-12(10-4-3-6-15-8-10)16-17-13(19)24-11-5-7-25(21,22)9-11/h3-4,6,8,11H,2,5,7,9H2,1H3,(H,18,20). The number of amides is 1. The van der Waals surface area contributed by atoms with Crippen molar-refractivity contribution in [2.75, 3.05) is 23.5 Å². The number of rotatable bonds is 5. The molecule has 3 rings (SSSR count). The maximum Gasteiger partial charge on any atom is 0.426 e. The smallest absolute Gasteiger partial charge is 0.426 e. The van der Waals surface area contributed by atoms with Crippen molar-refractivity contribution in [2.45, 2.75) is 23.8 Å². The van der Waals surface area contributed by atoms with Gasteiger partial charge in [0.05, 0.1) is 18.1 Å². The fourth-order valence-corrected chi connectivity index (χ4v) is 5.83. The second kappa shape index (κ2) is 7.40. The van der Waals surface area contributed by atoms with Crippen molar-refractivity contribution in [1.29, 1.82) is 0 Å². The molecule has 2 aromatic heterocycles. The van der Waals surface area contributed by atoms with Crippen LogP contribution in [0, 0.1) is 0 Å². The van der Waals surface area contributed by atoms with Crippen molar-refractivity contribution in [3.63, 3.8) is 0 Å². The Labute approximate surface area is 149 Å². The van der Waals surface area contributed by atoms with E-state index in [0.717, 1.165) is 0 Å². The Hall–Kier alpha value is -2.14. The van der Waals surface area contributed by atoms with Gasteiger partial charge in [-0.25, -0.2) is 23.3 Å². The molecule has 0 spiro atoms. The van der Waals surface area contributed by atoms with E-state index >= 15 is 0 Å². The van der Waals surface area contributed by atoms with Gasteiger partial charge in [0.2, 0.25) is 5.16 Å². The van der Waals surface area contributed by atoms with E-state index in [1.165, 1.54) is 16.4 Å². The molecular formula is C14H17N5O4S2. The second-order valence-corrected chi connectivity index (χ2v) is 8.85. The molecule has 0 radical (unpaired) electrons. The van der Waals surface area contributed by atoms with E-state index < -0.39 is 15.9 Å². The van der Waals surface area contributed by atoms with E-state index in [4.69, 9.17) is 4.74 Å². The molecule has 1 unspecified atom stereocenters. The minimum Gasteiger partial charge on any atom is -0.449 e. The first-order valence-electron chi connectivity index (χ1n) is 7.65. The second-order valence-electron chi connectivity index (χ2n) is 5.36. The van der Waals surface area contributed by atoms with Gasteiger partial charge in [-0.1, -0.05) is 11.8 Å². The van der Waals surface area contributed by atoms with Gasteiger partial charge in [-0.2, -0.15) is 0 Å². The van der Waals surface area contributed by atoms with Crippen LogP contribution in [-0.4, -0.2) is 57.7 Å². The lowest BCUT2D eigenvalue weighted by atomic mass is 10.3. The highest BCUT2D eigenvalue weighted by molar-refractivity contribution is 8.01. The zero-order chi connectivity index (χ0) is 17.9. The molecule has 1 fully saturated rings. The Morgan fingerprint density at radius 1 is 1.48 bits per heavy atom. The number of hydrogen-bond donors (Lipinski definition) is 1. The average molecular weight is 383 g/mol. The number of ether oxygens (including phenoxy) is 1. The summed E-state index contributed by atoms with van der Waals surface area (Å²) in [6, 6.07) is 3.53. The summed E-state index contributed by atoms with van der Waals surface area (Å²) in [5.41, 5.74) is 3.25. The first-order chi connectivity index (χ1) is 12.0. The predicted molar refractivity (Wildman–Crippen MR) is 92.6 cm³/mol. The van der Waals surface area contributed by atoms with Gasteiger partial charge in [0.25, 0.3) is 0 Å². The summed E-state index contributed by atoms with van der Waals surface area (Å²) in [4.78, 5) is 15.9. The molecule has 0 bridgehead atoms. The van der Waals surface area contributed by atoms with Crippen molar-refractivity contribution in [3.05, 3.63) is 24.5 Å². The van der Waals surface area contributed by atoms with E-state index in [9.17, 15) is 13.2 Å². The van der Waals surface area contributed by atoms with Crippen LogP contribution in [0.4, 0.5) is 4.79 Å². The van der Waals surface area contributed by atoms with E-state index in [0.29, 0.717) is 23.0 Å². The van der Waals surface area contributed by atoms with Crippen LogP contribution in [0.5, 0.6) is 0 Å². The number of carbonyl (C=O) groups excluding carboxylic acids is 1. The number of carbonyl (C=O) groups is 1. The van der Waals surface area contributed by atoms with Crippen LogP contribution >= 0.6 is 11.8 Å². The van der Waals surface area contributed by atoms with Crippen LogP contribution in [0.25, 0.3) is 11.4 Å². The quantitative estimate of drug-likeness (QED) is 0.822. The maximum atomic E-state index is 11.9. The molecule has 134 valence electrons. The normalized spacial score (nSPS) is 18.8. The number of nitrogens with zero attached hydrogens (tertiary/aromatic N) is 4. The third-order valence-corrected chi connectivity index (χ3v) is 6.68. The summed E-state index contributed by atoms with van der Waals surface area (Å²) in [5.74, 6) is 0.649. The number of sulfone groups is 1. The highest BCUT2D eigenvalue weighted by Crippen LogP contribution is 2.31. The van der Waals surface area contributed by atoms with Gasteiger partial charge in [-0.05, 0) is 25.5 Å². The Kier molecular flexibility index (Phi) is 5.23. The summed E-state index contributed by atoms with van der Waals surface area (Å²) < 4.78 is 29.6. The molecule has 2 aromatic rings. The van der Waals surface area contributed by atoms with Crippen molar-refractivity contribution in [3.8, 4) is 11.4 Å². The maximum absolute atomic E-state index is 11.9. The molecule has 0 saturated carbocycles. The lowest BCUT2D eigenvalue weighted by Gasteiger charge is -2.12. The Morgan fingerprint density at radius 3 is 2.96 bits per heavy atom. The predicted octanol–water partition coefficient (Wildman–Crippen LogP) is 1.32. The van der Waals surface area contributed by atoms with Gasteiger partial charge < -0.3 is 4.74 Å². The fraction of sp³-hybridized carbons (Fsp3) is 0.429. The molecule has 9 nitrogen and oxygen atoms in total. The number of aromatic nitrogens is 4. The Balaban J connectivity index is 1.89. The summed E-state index contributed by atoms with van der Waals surface area (Å²) in [6.45, 7) is 1.92. The summed E-state index contributed by atoms with van der Waals surface area (Å²) in [5, 5.41) is 8.48. The van der Waals surface area contributed by atoms with Crippen LogP contribution in [0.2, 0.25) is 0 Å². The van der Waals surface area contributed by atoms with Gasteiger partial charge in [-0.3, -0.25) is 4.98 Å². The van der Waals surface area contributed by atoms with Crippen LogP contribution < -0.4 is 5.43 Å². The molecule has 1 saturated heterocycles. The molecule has 1 amide bonds. The Bertz CT molecular complexity index is 853. The van der Waals surface area contributed by atoms with E-state index in [2.05, 4.69) is 20.6 Å². The topological polar surface area (TPSA) is 116 Å². The first kappa shape index (κ1) is 17.7. The molecule has 25 heavy (non-hydrogen) atoms. The number of pyridine rings is 1. The van der Waals surface area contributed by atoms with Gasteiger partial charge >= 0.3 is 6.09 Å². The third kappa shape index (κ3) is 4.28. The summed E-state index contributed by atoms with van der Waals surface area (Å²) in [6.07, 6.45) is 3.12. The zero-order valence-electron chi connectivity index (χ0n) is 13.5. The van der Waals surface area contributed by atoms with Crippen LogP contribution in [0.1, 0.15) is 13.3 Å². The van der Waals surface area contributed by atoms with Crippen LogP contribution in [-0.2, 0) is 14.6 Å². The van der Waals surface area contributed by atoms with Crippen molar-refractivity contribution >= 4 is 27.7 Å². The molecule has 1 aliphatic rings. The molecule has 3 heterocycles. The molecular weight excluding hydrogens is 366 g/mol. The molecule has 1 atom stereocenters. The van der Waals surface area contributed by atoms with E-state index in [-0.39, 0.29) is 23.4 Å². The SMILES string of the molecule is CCOC(=O)Nn1c(SC2CCS(=O)(=O)C2)nnc1-c1cccnc1. The largest absolute Gasteiger partial charge is 0.449 e. The molecule has 0 aliphatic carbocycles. The van der Waals surface area contributed by atoms with Gasteiger partial charge in [-0.15, -0.1) is 10.2 Å². The Morgan fingerprint density at radius 2 is 2.32 bits per heavy atom. The zero-order valence-corrected chi connectivity index (χ0v) is 15.1. The van der Waals surface area contributed by atoms with E-state index in [1.807, 2.05) is 0 Å². The highest BCUT2D eigenvalue weighted by atomic mass is 32.2. The van der Waals surface area contributed by atoms with E-state index in [1.54, 1.807) is 31.5 Å². The summed E-state index contributed by atoms with van der Waals surface area (Å²) >= 11 is 1.28. The first-order valence-corrected chi connectivity index (χ1v) is 10.4. The molecule has 1 N–H and O–H groups in total. The van der Waals surface area contributed by atoms with Crippen molar-refractivity contribution < 1.29 is 17.9 Å². The average Bonchev–Trinajstić information content (AvgIpc) is 3.12. The van der Waals surface area contributed by atoms with Crippen LogP contribution in [0.3, 0.4) is 0 Å². The fourth-order valence-electron chi connectivity index (χ4n) is 2.39. The number of hydrogen-bond acceptors (Lipinski definition) is 8. The van der Waals surface area contributed by atoms with Gasteiger partial charge in [0, 0.05) is 23.2 Å². The highest BCUT2D eigenvalue weighted by Gasteiger charge is 2.31. The number of nitrogens with one attached hydrogen (secondary N) is 1. The monoisotopic (exact) mass is 383 g/mol. The van der Waals surface area contributed by atoms with Crippen molar-refractivity contribution in [2.24, 2.45) is 0 Å². The minimum absolute atomic E-state index is 0.0894. The van der Waals surface area contributed by atoms with Gasteiger partial charge in [0.1, 0.15) is 0 Å². The molecule has 11 heteroatoms. The lowest BCUT2D eigenvalue weighted by molar-refractivity contribution is 0.164. The molecule has 0 aromatic carbocycles.